The van der Waals surface area contributed by atoms with Gasteiger partial charge in [0, 0.05) is 17.1 Å². The normalized spacial score (nSPS) is 13.4. The Morgan fingerprint density at radius 3 is 2.55 bits per heavy atom. The number of anilines is 2. The van der Waals surface area contributed by atoms with Gasteiger partial charge in [0.05, 0.1) is 23.4 Å². The lowest BCUT2D eigenvalue weighted by molar-refractivity contribution is 0.102. The van der Waals surface area contributed by atoms with Crippen LogP contribution in [-0.2, 0) is 16.4 Å². The number of rotatable bonds is 5. The number of nitrogens with one attached hydrogen (secondary N) is 1. The molecule has 0 saturated carbocycles. The second kappa shape index (κ2) is 8.61. The Morgan fingerprint density at radius 2 is 1.81 bits per heavy atom. The number of hydrogen-bond acceptors (Lipinski definition) is 4. The molecule has 1 amide bonds. The van der Waals surface area contributed by atoms with Crippen molar-refractivity contribution in [1.29, 1.82) is 0 Å². The van der Waals surface area contributed by atoms with Gasteiger partial charge >= 0.3 is 0 Å². The Morgan fingerprint density at radius 1 is 1.06 bits per heavy atom. The van der Waals surface area contributed by atoms with Gasteiger partial charge in [-0.1, -0.05) is 23.7 Å². The molecule has 1 N–H and O–H groups in total. The van der Waals surface area contributed by atoms with E-state index in [-0.39, 0.29) is 10.8 Å². The number of amides is 1. The molecule has 160 valence electrons. The fraction of sp³-hybridized carbons (Fsp3) is 0.174. The Balaban J connectivity index is 1.63. The van der Waals surface area contributed by atoms with Gasteiger partial charge in [-0.25, -0.2) is 8.42 Å². The van der Waals surface area contributed by atoms with Gasteiger partial charge in [0.2, 0.25) is 0 Å². The minimum Gasteiger partial charge on any atom is -0.495 e. The molecular formula is C23H21ClN2O4S. The van der Waals surface area contributed by atoms with Crippen molar-refractivity contribution in [3.8, 4) is 5.75 Å². The lowest BCUT2D eigenvalue weighted by Gasteiger charge is -2.30. The number of aryl methyl sites for hydroxylation is 1. The maximum atomic E-state index is 13.2. The molecule has 0 saturated heterocycles. The van der Waals surface area contributed by atoms with Crippen LogP contribution in [0.3, 0.4) is 0 Å². The quantitative estimate of drug-likeness (QED) is 0.601. The van der Waals surface area contributed by atoms with E-state index in [4.69, 9.17) is 16.3 Å². The van der Waals surface area contributed by atoms with Crippen molar-refractivity contribution in [2.24, 2.45) is 0 Å². The smallest absolute Gasteiger partial charge is 0.264 e. The largest absolute Gasteiger partial charge is 0.495 e. The fourth-order valence-electron chi connectivity index (χ4n) is 3.63. The third-order valence-corrected chi connectivity index (χ3v) is 7.25. The first-order chi connectivity index (χ1) is 14.9. The van der Waals surface area contributed by atoms with Crippen LogP contribution in [-0.4, -0.2) is 28.0 Å². The molecule has 6 nitrogen and oxygen atoms in total. The number of fused-ring (bicyclic) bond motifs is 1. The summed E-state index contributed by atoms with van der Waals surface area (Å²) in [7, 11) is -2.18. The van der Waals surface area contributed by atoms with Gasteiger partial charge in [-0.3, -0.25) is 9.10 Å². The summed E-state index contributed by atoms with van der Waals surface area (Å²) in [6.07, 6.45) is 1.36. The van der Waals surface area contributed by atoms with Crippen LogP contribution in [0.2, 0.25) is 5.02 Å². The van der Waals surface area contributed by atoms with Crippen molar-refractivity contribution < 1.29 is 17.9 Å². The minimum atomic E-state index is -3.73. The molecule has 0 atom stereocenters. The highest BCUT2D eigenvalue weighted by Gasteiger charge is 2.29. The SMILES string of the molecule is COc1ccccc1NC(=O)c1ccc2c(c1)CCCN2S(=O)(=O)c1ccc(Cl)cc1. The summed E-state index contributed by atoms with van der Waals surface area (Å²) >= 11 is 5.90. The van der Waals surface area contributed by atoms with Gasteiger partial charge in [0.25, 0.3) is 15.9 Å². The molecule has 0 radical (unpaired) electrons. The van der Waals surface area contributed by atoms with Crippen molar-refractivity contribution in [3.63, 3.8) is 0 Å². The molecule has 0 aliphatic carbocycles. The van der Waals surface area contributed by atoms with E-state index in [1.807, 2.05) is 12.1 Å². The van der Waals surface area contributed by atoms with Gasteiger partial charge in [0.1, 0.15) is 5.75 Å². The van der Waals surface area contributed by atoms with E-state index in [9.17, 15) is 13.2 Å². The summed E-state index contributed by atoms with van der Waals surface area (Å²) in [5.74, 6) is 0.277. The van der Waals surface area contributed by atoms with Gasteiger partial charge in [-0.05, 0) is 73.0 Å². The zero-order valence-electron chi connectivity index (χ0n) is 16.8. The number of para-hydroxylation sites is 2. The lowest BCUT2D eigenvalue weighted by Crippen LogP contribution is -2.35. The standard InChI is InChI=1S/C23H21ClN2O4S/c1-30-22-7-3-2-6-20(22)25-23(27)17-8-13-21-16(15-17)5-4-14-26(21)31(28,29)19-11-9-18(24)10-12-19/h2-3,6-13,15H,4-5,14H2,1H3,(H,25,27). The third-order valence-electron chi connectivity index (χ3n) is 5.17. The molecule has 31 heavy (non-hydrogen) atoms. The molecule has 0 fully saturated rings. The summed E-state index contributed by atoms with van der Waals surface area (Å²) in [4.78, 5) is 13.0. The number of nitrogens with zero attached hydrogens (tertiary/aromatic N) is 1. The number of sulfonamides is 1. The van der Waals surface area contributed by atoms with Crippen LogP contribution in [0.5, 0.6) is 5.75 Å². The number of ether oxygens (including phenoxy) is 1. The number of hydrogen-bond donors (Lipinski definition) is 1. The topological polar surface area (TPSA) is 75.7 Å². The molecule has 8 heteroatoms. The van der Waals surface area contributed by atoms with E-state index in [2.05, 4.69) is 5.32 Å². The molecule has 0 aromatic heterocycles. The van der Waals surface area contributed by atoms with Crippen molar-refractivity contribution in [2.75, 3.05) is 23.3 Å². The fourth-order valence-corrected chi connectivity index (χ4v) is 5.30. The van der Waals surface area contributed by atoms with Crippen LogP contribution in [0.25, 0.3) is 0 Å². The van der Waals surface area contributed by atoms with Gasteiger partial charge in [-0.2, -0.15) is 0 Å². The predicted octanol–water partition coefficient (Wildman–Crippen LogP) is 4.74. The Bertz CT molecular complexity index is 1230. The van der Waals surface area contributed by atoms with Crippen LogP contribution < -0.4 is 14.4 Å². The Kier molecular flexibility index (Phi) is 5.89. The highest BCUT2D eigenvalue weighted by Crippen LogP contribution is 2.33. The van der Waals surface area contributed by atoms with Crippen LogP contribution >= 0.6 is 11.6 Å². The lowest BCUT2D eigenvalue weighted by atomic mass is 10.0. The number of methoxy groups -OCH3 is 1. The highest BCUT2D eigenvalue weighted by molar-refractivity contribution is 7.92. The molecule has 0 spiro atoms. The van der Waals surface area contributed by atoms with Gasteiger partial charge in [0.15, 0.2) is 0 Å². The summed E-state index contributed by atoms with van der Waals surface area (Å²) in [6.45, 7) is 0.380. The first-order valence-corrected chi connectivity index (χ1v) is 11.6. The van der Waals surface area contributed by atoms with Crippen molar-refractivity contribution in [1.82, 2.24) is 0 Å². The summed E-state index contributed by atoms with van der Waals surface area (Å²) in [5, 5.41) is 3.32. The average Bonchev–Trinajstić information content (AvgIpc) is 2.79. The maximum absolute atomic E-state index is 13.2. The molecule has 1 aliphatic heterocycles. The number of carbonyl (C=O) groups is 1. The molecule has 1 heterocycles. The first kappa shape index (κ1) is 21.2. The molecule has 0 bridgehead atoms. The molecule has 3 aromatic carbocycles. The summed E-state index contributed by atoms with van der Waals surface area (Å²) < 4.78 is 33.0. The number of halogens is 1. The Labute approximate surface area is 186 Å². The van der Waals surface area contributed by atoms with Crippen molar-refractivity contribution in [3.05, 3.63) is 82.9 Å². The average molecular weight is 457 g/mol. The van der Waals surface area contributed by atoms with Crippen LogP contribution in [0, 0.1) is 0 Å². The van der Waals surface area contributed by atoms with E-state index in [0.717, 1.165) is 5.56 Å². The predicted molar refractivity (Wildman–Crippen MR) is 122 cm³/mol. The van der Waals surface area contributed by atoms with E-state index >= 15 is 0 Å². The second-order valence-electron chi connectivity index (χ2n) is 7.13. The zero-order valence-corrected chi connectivity index (χ0v) is 18.4. The monoisotopic (exact) mass is 456 g/mol. The van der Waals surface area contributed by atoms with Crippen LogP contribution in [0.1, 0.15) is 22.3 Å². The maximum Gasteiger partial charge on any atom is 0.264 e. The van der Waals surface area contributed by atoms with E-state index in [1.165, 1.54) is 16.4 Å². The molecule has 1 aliphatic rings. The molecule has 4 rings (SSSR count). The van der Waals surface area contributed by atoms with Gasteiger partial charge in [-0.15, -0.1) is 0 Å². The van der Waals surface area contributed by atoms with Crippen LogP contribution in [0.4, 0.5) is 11.4 Å². The van der Waals surface area contributed by atoms with Crippen molar-refractivity contribution >= 4 is 38.9 Å². The van der Waals surface area contributed by atoms with Crippen LogP contribution in [0.15, 0.2) is 71.6 Å². The van der Waals surface area contributed by atoms with Crippen molar-refractivity contribution in [2.45, 2.75) is 17.7 Å². The number of carbonyl (C=O) groups excluding carboxylic acids is 1. The van der Waals surface area contributed by atoms with E-state index in [0.29, 0.717) is 47.1 Å². The Hall–Kier alpha value is -3.03. The van der Waals surface area contributed by atoms with E-state index < -0.39 is 10.0 Å². The highest BCUT2D eigenvalue weighted by atomic mass is 35.5. The third kappa shape index (κ3) is 4.24. The van der Waals surface area contributed by atoms with E-state index in [1.54, 1.807) is 49.6 Å². The summed E-state index contributed by atoms with van der Waals surface area (Å²) in [5.41, 5.74) is 2.43. The van der Waals surface area contributed by atoms with Gasteiger partial charge < -0.3 is 10.1 Å². The molecular weight excluding hydrogens is 436 g/mol. The summed E-state index contributed by atoms with van der Waals surface area (Å²) in [6, 6.07) is 18.4. The number of benzene rings is 3. The first-order valence-electron chi connectivity index (χ1n) is 9.76. The molecule has 0 unspecified atom stereocenters. The molecule has 3 aromatic rings. The zero-order chi connectivity index (χ0) is 22.0. The second-order valence-corrected chi connectivity index (χ2v) is 9.43. The minimum absolute atomic E-state index is 0.183.